The molecular formula is C19H28NO. The van der Waals surface area contributed by atoms with Crippen LogP contribution in [0.3, 0.4) is 0 Å². The molecule has 2 rings (SSSR count). The van der Waals surface area contributed by atoms with E-state index in [1.54, 1.807) is 0 Å². The number of benzene rings is 1. The maximum absolute atomic E-state index is 12.9. The highest BCUT2D eigenvalue weighted by atomic mass is 16.2. The van der Waals surface area contributed by atoms with Gasteiger partial charge in [-0.25, -0.2) is 0 Å². The first-order valence-corrected chi connectivity index (χ1v) is 8.48. The van der Waals surface area contributed by atoms with Gasteiger partial charge >= 0.3 is 0 Å². The number of carbonyl (C=O) groups excluding carboxylic acids is 1. The average molecular weight is 286 g/mol. The molecule has 0 atom stereocenters. The topological polar surface area (TPSA) is 29.1 Å². The predicted molar refractivity (Wildman–Crippen MR) is 88.1 cm³/mol. The molecule has 1 radical (unpaired) electrons. The predicted octanol–water partition coefficient (Wildman–Crippen LogP) is 5.20. The van der Waals surface area contributed by atoms with Crippen LogP contribution >= 0.6 is 0 Å². The Balaban J connectivity index is 2.12. The van der Waals surface area contributed by atoms with Crippen molar-refractivity contribution >= 4 is 11.6 Å². The Bertz CT molecular complexity index is 430. The number of hydrogen-bond donors (Lipinski definition) is 1. The lowest BCUT2D eigenvalue weighted by Gasteiger charge is -2.38. The van der Waals surface area contributed by atoms with Gasteiger partial charge < -0.3 is 5.32 Å². The summed E-state index contributed by atoms with van der Waals surface area (Å²) in [6.45, 7) is 4.49. The first-order valence-electron chi connectivity index (χ1n) is 8.48. The smallest absolute Gasteiger partial charge is 0.230 e. The number of rotatable bonds is 6. The van der Waals surface area contributed by atoms with Crippen LogP contribution in [0.2, 0.25) is 0 Å². The van der Waals surface area contributed by atoms with Crippen LogP contribution in [0.15, 0.2) is 24.3 Å². The third-order valence-electron chi connectivity index (χ3n) is 5.10. The zero-order chi connectivity index (χ0) is 15.1. The molecule has 1 aliphatic carbocycles. The number of anilines is 1. The molecule has 0 spiro atoms. The molecule has 0 aliphatic heterocycles. The monoisotopic (exact) mass is 286 g/mol. The molecule has 1 N–H and O–H groups in total. The van der Waals surface area contributed by atoms with Crippen molar-refractivity contribution in [1.82, 2.24) is 0 Å². The zero-order valence-electron chi connectivity index (χ0n) is 13.5. The van der Waals surface area contributed by atoms with Crippen molar-refractivity contribution < 1.29 is 4.79 Å². The Morgan fingerprint density at radius 1 is 1.19 bits per heavy atom. The molecule has 1 aromatic carbocycles. The van der Waals surface area contributed by atoms with Gasteiger partial charge in [-0.05, 0) is 43.4 Å². The van der Waals surface area contributed by atoms with E-state index in [1.165, 1.54) is 32.1 Å². The Hall–Kier alpha value is -1.31. The van der Waals surface area contributed by atoms with Crippen LogP contribution in [0.4, 0.5) is 5.69 Å². The average Bonchev–Trinajstić information content (AvgIpc) is 2.54. The molecular weight excluding hydrogens is 258 g/mol. The molecule has 2 heteroatoms. The second-order valence-electron chi connectivity index (χ2n) is 6.47. The summed E-state index contributed by atoms with van der Waals surface area (Å²) in [6, 6.07) is 10.5. The van der Waals surface area contributed by atoms with Crippen LogP contribution in [0.1, 0.15) is 65.2 Å². The van der Waals surface area contributed by atoms with Gasteiger partial charge in [0.1, 0.15) is 0 Å². The van der Waals surface area contributed by atoms with Crippen molar-refractivity contribution in [2.24, 2.45) is 11.3 Å². The third-order valence-corrected chi connectivity index (χ3v) is 5.10. The van der Waals surface area contributed by atoms with Crippen molar-refractivity contribution in [3.05, 3.63) is 30.3 Å². The van der Waals surface area contributed by atoms with E-state index in [2.05, 4.69) is 25.2 Å². The first-order chi connectivity index (χ1) is 10.2. The summed E-state index contributed by atoms with van der Waals surface area (Å²) in [5.74, 6) is 0.901. The molecule has 0 bridgehead atoms. The van der Waals surface area contributed by atoms with Crippen LogP contribution in [0.25, 0.3) is 0 Å². The summed E-state index contributed by atoms with van der Waals surface area (Å²) < 4.78 is 0. The van der Waals surface area contributed by atoms with E-state index in [1.807, 2.05) is 24.3 Å². The summed E-state index contributed by atoms with van der Waals surface area (Å²) >= 11 is 0. The van der Waals surface area contributed by atoms with E-state index in [-0.39, 0.29) is 11.3 Å². The maximum Gasteiger partial charge on any atom is 0.230 e. The standard InChI is InChI=1S/C19H28NO/c1-3-16(4-2)15-19(13-9-6-10-14-19)18(21)20-17-11-7-5-8-12-17/h7-8,11-12,16H,3-4,6,9-10,13-15H2,1-2H3,(H,20,21). The molecule has 0 heterocycles. The molecule has 2 nitrogen and oxygen atoms in total. The lowest BCUT2D eigenvalue weighted by molar-refractivity contribution is -0.128. The van der Waals surface area contributed by atoms with Crippen molar-refractivity contribution in [2.75, 3.05) is 5.32 Å². The summed E-state index contributed by atoms with van der Waals surface area (Å²) in [6.07, 6.45) is 9.15. The quantitative estimate of drug-likeness (QED) is 0.765. The molecule has 115 valence electrons. The van der Waals surface area contributed by atoms with Crippen molar-refractivity contribution in [1.29, 1.82) is 0 Å². The molecule has 1 aromatic rings. The largest absolute Gasteiger partial charge is 0.326 e. The highest BCUT2D eigenvalue weighted by molar-refractivity contribution is 5.95. The number of nitrogens with one attached hydrogen (secondary N) is 1. The Kier molecular flexibility index (Phi) is 5.84. The minimum absolute atomic E-state index is 0.144. The van der Waals surface area contributed by atoms with Crippen molar-refractivity contribution in [3.8, 4) is 0 Å². The summed E-state index contributed by atoms with van der Waals surface area (Å²) in [5, 5.41) is 3.15. The Labute approximate surface area is 129 Å². The minimum atomic E-state index is -0.144. The highest BCUT2D eigenvalue weighted by Crippen LogP contribution is 2.43. The van der Waals surface area contributed by atoms with E-state index < -0.39 is 0 Å². The Morgan fingerprint density at radius 3 is 2.38 bits per heavy atom. The van der Waals surface area contributed by atoms with Crippen molar-refractivity contribution in [3.63, 3.8) is 0 Å². The minimum Gasteiger partial charge on any atom is -0.326 e. The number of carbonyl (C=O) groups is 1. The zero-order valence-corrected chi connectivity index (χ0v) is 13.5. The fraction of sp³-hybridized carbons (Fsp3) is 0.632. The van der Waals surface area contributed by atoms with Gasteiger partial charge in [0.2, 0.25) is 5.91 Å². The summed E-state index contributed by atoms with van der Waals surface area (Å²) in [7, 11) is 0. The van der Waals surface area contributed by atoms with Crippen LogP contribution in [0, 0.1) is 17.4 Å². The highest BCUT2D eigenvalue weighted by Gasteiger charge is 2.40. The van der Waals surface area contributed by atoms with E-state index in [9.17, 15) is 4.79 Å². The van der Waals surface area contributed by atoms with Crippen molar-refractivity contribution in [2.45, 2.75) is 65.2 Å². The second kappa shape index (κ2) is 7.63. The second-order valence-corrected chi connectivity index (χ2v) is 6.47. The summed E-state index contributed by atoms with van der Waals surface area (Å²) in [5.41, 5.74) is 0.752. The van der Waals surface area contributed by atoms with Crippen LogP contribution in [-0.4, -0.2) is 5.91 Å². The van der Waals surface area contributed by atoms with Gasteiger partial charge in [-0.1, -0.05) is 58.1 Å². The molecule has 1 saturated carbocycles. The lowest BCUT2D eigenvalue weighted by atomic mass is 9.67. The van der Waals surface area contributed by atoms with E-state index in [0.717, 1.165) is 24.9 Å². The van der Waals surface area contributed by atoms with Gasteiger partial charge in [-0.15, -0.1) is 0 Å². The lowest BCUT2D eigenvalue weighted by Crippen LogP contribution is -2.39. The number of amides is 1. The third kappa shape index (κ3) is 4.09. The molecule has 0 aromatic heterocycles. The van der Waals surface area contributed by atoms with E-state index in [0.29, 0.717) is 5.92 Å². The van der Waals surface area contributed by atoms with Gasteiger partial charge in [0.15, 0.2) is 0 Å². The molecule has 0 unspecified atom stereocenters. The van der Waals surface area contributed by atoms with E-state index >= 15 is 0 Å². The molecule has 21 heavy (non-hydrogen) atoms. The van der Waals surface area contributed by atoms with Gasteiger partial charge in [0.25, 0.3) is 0 Å². The van der Waals surface area contributed by atoms with Gasteiger partial charge in [0, 0.05) is 11.1 Å². The first kappa shape index (κ1) is 16.1. The van der Waals surface area contributed by atoms with E-state index in [4.69, 9.17) is 0 Å². The summed E-state index contributed by atoms with van der Waals surface area (Å²) in [4.78, 5) is 12.9. The maximum atomic E-state index is 12.9. The number of hydrogen-bond acceptors (Lipinski definition) is 1. The van der Waals surface area contributed by atoms with Gasteiger partial charge in [-0.2, -0.15) is 0 Å². The fourth-order valence-corrected chi connectivity index (χ4v) is 3.62. The fourth-order valence-electron chi connectivity index (χ4n) is 3.62. The molecule has 0 saturated heterocycles. The van der Waals surface area contributed by atoms with Crippen LogP contribution in [0.5, 0.6) is 0 Å². The normalized spacial score (nSPS) is 17.7. The van der Waals surface area contributed by atoms with Crippen LogP contribution < -0.4 is 5.32 Å². The van der Waals surface area contributed by atoms with Gasteiger partial charge in [-0.3, -0.25) is 4.79 Å². The van der Waals surface area contributed by atoms with Gasteiger partial charge in [0.05, 0.1) is 0 Å². The molecule has 1 fully saturated rings. The SMILES string of the molecule is CCC(CC)CC1(C(=O)Nc2cc[c]cc2)CCCCC1. The van der Waals surface area contributed by atoms with Crippen LogP contribution in [-0.2, 0) is 4.79 Å². The Morgan fingerprint density at radius 2 is 1.81 bits per heavy atom. The molecule has 1 amide bonds. The molecule has 1 aliphatic rings.